The summed E-state index contributed by atoms with van der Waals surface area (Å²) in [6, 6.07) is 11.9. The quantitative estimate of drug-likeness (QED) is 0.672. The highest BCUT2D eigenvalue weighted by molar-refractivity contribution is 8.01. The van der Waals surface area contributed by atoms with Gasteiger partial charge in [0.05, 0.1) is 0 Å². The van der Waals surface area contributed by atoms with Gasteiger partial charge in [0.2, 0.25) is 5.91 Å². The van der Waals surface area contributed by atoms with E-state index in [9.17, 15) is 19.5 Å². The van der Waals surface area contributed by atoms with Crippen molar-refractivity contribution >= 4 is 46.5 Å². The number of urea groups is 1. The Morgan fingerprint density at radius 3 is 2.62 bits per heavy atom. The molecule has 0 spiro atoms. The summed E-state index contributed by atoms with van der Waals surface area (Å²) in [5, 5.41) is 16.6. The number of hydrogen-bond donors (Lipinski definition) is 3. The zero-order valence-corrected chi connectivity index (χ0v) is 16.8. The van der Waals surface area contributed by atoms with Crippen LogP contribution in [0.25, 0.3) is 16.8 Å². The number of nitrogens with zero attached hydrogens (tertiary/aromatic N) is 1. The third-order valence-corrected chi connectivity index (χ3v) is 6.80. The molecule has 29 heavy (non-hydrogen) atoms. The molecule has 150 valence electrons. The Balaban J connectivity index is 1.36. The van der Waals surface area contributed by atoms with Crippen LogP contribution in [0, 0.1) is 0 Å². The molecule has 3 atom stereocenters. The molecule has 2 saturated heterocycles. The smallest absolute Gasteiger partial charge is 0.327 e. The summed E-state index contributed by atoms with van der Waals surface area (Å²) in [5.41, 5.74) is 0.937. The molecule has 0 aliphatic carbocycles. The summed E-state index contributed by atoms with van der Waals surface area (Å²) in [4.78, 5) is 37.5. The Kier molecular flexibility index (Phi) is 4.74. The maximum atomic E-state index is 12.4. The van der Waals surface area contributed by atoms with Crippen LogP contribution in [-0.2, 0) is 9.59 Å². The number of carboxylic acid groups (broad SMARTS) is 1. The average molecular weight is 411 g/mol. The summed E-state index contributed by atoms with van der Waals surface area (Å²) >= 11 is 1.39. The van der Waals surface area contributed by atoms with E-state index in [1.54, 1.807) is 19.9 Å². The van der Waals surface area contributed by atoms with Gasteiger partial charge in [-0.2, -0.15) is 0 Å². The van der Waals surface area contributed by atoms with Gasteiger partial charge in [-0.1, -0.05) is 36.4 Å². The molecule has 0 aromatic heterocycles. The minimum atomic E-state index is -1.03. The van der Waals surface area contributed by atoms with Gasteiger partial charge in [-0.25, -0.2) is 9.59 Å². The molecule has 2 fully saturated rings. The third kappa shape index (κ3) is 3.44. The van der Waals surface area contributed by atoms with Crippen molar-refractivity contribution < 1.29 is 19.5 Å². The number of carbonyl (C=O) groups excluding carboxylic acids is 2. The minimum Gasteiger partial charge on any atom is -0.480 e. The number of β-lactam (4-membered cyclic amide) rings is 1. The standard InChI is InChI=1S/C21H21N3O4S/c1-21(2)16(19(26)27)24-17(25)15(18(24)29-21)23-20(28)22-10-9-12-7-8-13-5-3-4-6-14(13)11-12/h3-11,15-16,18H,1-2H3,(H,26,27)(H2,22,23,28)/b10-9+/t15?,16-,18?/m0/s1. The van der Waals surface area contributed by atoms with Crippen molar-refractivity contribution in [1.82, 2.24) is 15.5 Å². The van der Waals surface area contributed by atoms with Crippen LogP contribution in [0.2, 0.25) is 0 Å². The Labute approximate surface area is 172 Å². The van der Waals surface area contributed by atoms with Gasteiger partial charge in [0.1, 0.15) is 17.5 Å². The summed E-state index contributed by atoms with van der Waals surface area (Å²) in [6.45, 7) is 3.59. The van der Waals surface area contributed by atoms with Crippen molar-refractivity contribution in [3.63, 3.8) is 0 Å². The highest BCUT2D eigenvalue weighted by atomic mass is 32.2. The minimum absolute atomic E-state index is 0.367. The lowest BCUT2D eigenvalue weighted by molar-refractivity contribution is -0.159. The number of amides is 3. The zero-order chi connectivity index (χ0) is 20.8. The van der Waals surface area contributed by atoms with Gasteiger partial charge in [-0.15, -0.1) is 11.8 Å². The maximum Gasteiger partial charge on any atom is 0.327 e. The van der Waals surface area contributed by atoms with Crippen LogP contribution in [0.4, 0.5) is 4.79 Å². The van der Waals surface area contributed by atoms with Gasteiger partial charge in [0.15, 0.2) is 0 Å². The molecule has 4 rings (SSSR count). The molecule has 3 amide bonds. The predicted octanol–water partition coefficient (Wildman–Crippen LogP) is 2.63. The first kappa shape index (κ1) is 19.3. The normalized spacial score (nSPS) is 25.0. The fraction of sp³-hybridized carbons (Fsp3) is 0.286. The number of rotatable bonds is 4. The highest BCUT2D eigenvalue weighted by Crippen LogP contribution is 2.50. The fourth-order valence-corrected chi connectivity index (χ4v) is 5.48. The summed E-state index contributed by atoms with van der Waals surface area (Å²) in [5.74, 6) is -1.39. The van der Waals surface area contributed by atoms with Gasteiger partial charge in [-0.3, -0.25) is 4.79 Å². The average Bonchev–Trinajstić information content (AvgIpc) is 2.94. The first-order valence-electron chi connectivity index (χ1n) is 9.23. The maximum absolute atomic E-state index is 12.4. The highest BCUT2D eigenvalue weighted by Gasteiger charge is 2.64. The van der Waals surface area contributed by atoms with Crippen molar-refractivity contribution in [2.45, 2.75) is 36.1 Å². The lowest BCUT2D eigenvalue weighted by atomic mass is 9.96. The van der Waals surface area contributed by atoms with E-state index >= 15 is 0 Å². The van der Waals surface area contributed by atoms with Gasteiger partial charge in [0.25, 0.3) is 0 Å². The van der Waals surface area contributed by atoms with E-state index in [-0.39, 0.29) is 11.3 Å². The molecule has 7 nitrogen and oxygen atoms in total. The van der Waals surface area contributed by atoms with Crippen LogP contribution in [0.5, 0.6) is 0 Å². The largest absolute Gasteiger partial charge is 0.480 e. The van der Waals surface area contributed by atoms with Crippen molar-refractivity contribution in [2.24, 2.45) is 0 Å². The zero-order valence-electron chi connectivity index (χ0n) is 16.0. The Hall–Kier alpha value is -3.00. The van der Waals surface area contributed by atoms with Crippen molar-refractivity contribution in [3.8, 4) is 0 Å². The van der Waals surface area contributed by atoms with Gasteiger partial charge in [-0.05, 0) is 42.3 Å². The second-order valence-electron chi connectivity index (χ2n) is 7.63. The van der Waals surface area contributed by atoms with Crippen molar-refractivity contribution in [2.75, 3.05) is 0 Å². The van der Waals surface area contributed by atoms with Crippen LogP contribution in [0.3, 0.4) is 0 Å². The van der Waals surface area contributed by atoms with Gasteiger partial charge < -0.3 is 20.6 Å². The number of nitrogens with one attached hydrogen (secondary N) is 2. The van der Waals surface area contributed by atoms with Crippen LogP contribution in [0.15, 0.2) is 48.7 Å². The molecule has 2 aliphatic rings. The summed E-state index contributed by atoms with van der Waals surface area (Å²) < 4.78 is -0.616. The van der Waals surface area contributed by atoms with Crippen LogP contribution < -0.4 is 10.6 Å². The SMILES string of the molecule is CC1(C)SC2C(NC(=O)N/C=C/c3ccc4ccccc4c3)C(=O)N2[C@H]1C(=O)O. The summed E-state index contributed by atoms with van der Waals surface area (Å²) in [6.07, 6.45) is 3.29. The van der Waals surface area contributed by atoms with E-state index in [0.717, 1.165) is 16.3 Å². The molecular formula is C21H21N3O4S. The number of aliphatic carboxylic acids is 1. The Bertz CT molecular complexity index is 1040. The molecule has 0 saturated carbocycles. The van der Waals surface area contributed by atoms with Crippen LogP contribution >= 0.6 is 11.8 Å². The summed E-state index contributed by atoms with van der Waals surface area (Å²) in [7, 11) is 0. The fourth-order valence-electron chi connectivity index (χ4n) is 3.85. The van der Waals surface area contributed by atoms with Crippen LogP contribution in [-0.4, -0.2) is 50.1 Å². The first-order valence-corrected chi connectivity index (χ1v) is 10.1. The molecule has 2 aliphatic heterocycles. The first-order chi connectivity index (χ1) is 13.8. The number of hydrogen-bond acceptors (Lipinski definition) is 4. The van der Waals surface area contributed by atoms with Gasteiger partial charge in [0, 0.05) is 10.9 Å². The molecule has 0 radical (unpaired) electrons. The second-order valence-corrected chi connectivity index (χ2v) is 9.40. The van der Waals surface area contributed by atoms with E-state index in [4.69, 9.17) is 0 Å². The van der Waals surface area contributed by atoms with E-state index in [1.807, 2.05) is 42.5 Å². The number of benzene rings is 2. The Morgan fingerprint density at radius 1 is 1.17 bits per heavy atom. The van der Waals surface area contributed by atoms with E-state index in [0.29, 0.717) is 0 Å². The molecule has 2 aromatic rings. The van der Waals surface area contributed by atoms with Crippen molar-refractivity contribution in [1.29, 1.82) is 0 Å². The number of carboxylic acids is 1. The molecular weight excluding hydrogens is 390 g/mol. The molecule has 0 bridgehead atoms. The van der Waals surface area contributed by atoms with Gasteiger partial charge >= 0.3 is 12.0 Å². The van der Waals surface area contributed by atoms with E-state index in [1.165, 1.54) is 22.9 Å². The molecule has 2 heterocycles. The molecule has 8 heteroatoms. The van der Waals surface area contributed by atoms with Crippen LogP contribution in [0.1, 0.15) is 19.4 Å². The third-order valence-electron chi connectivity index (χ3n) is 5.23. The number of fused-ring (bicyclic) bond motifs is 2. The number of thioether (sulfide) groups is 1. The Morgan fingerprint density at radius 2 is 1.90 bits per heavy atom. The lowest BCUT2D eigenvalue weighted by Crippen LogP contribution is -2.71. The molecule has 2 unspecified atom stereocenters. The molecule has 3 N–H and O–H groups in total. The number of carbonyl (C=O) groups is 3. The lowest BCUT2D eigenvalue weighted by Gasteiger charge is -2.43. The predicted molar refractivity (Wildman–Crippen MR) is 112 cm³/mol. The molecule has 2 aromatic carbocycles. The van der Waals surface area contributed by atoms with E-state index < -0.39 is 28.8 Å². The van der Waals surface area contributed by atoms with Crippen molar-refractivity contribution in [3.05, 3.63) is 54.2 Å². The van der Waals surface area contributed by atoms with E-state index in [2.05, 4.69) is 10.6 Å². The topological polar surface area (TPSA) is 98.7 Å². The second kappa shape index (κ2) is 7.11. The monoisotopic (exact) mass is 411 g/mol.